The van der Waals surface area contributed by atoms with Gasteiger partial charge in [-0.05, 0) is 30.3 Å². The minimum absolute atomic E-state index is 0.821. The summed E-state index contributed by atoms with van der Waals surface area (Å²) in [5.74, 6) is 0. The number of nitrogens with two attached hydrogens (primary N) is 1. The lowest BCUT2D eigenvalue weighted by Gasteiger charge is -2.33. The quantitative estimate of drug-likeness (QED) is 0.848. The molecule has 3 rings (SSSR count). The highest BCUT2D eigenvalue weighted by atomic mass is 35.5. The van der Waals surface area contributed by atoms with Crippen LogP contribution in [0.3, 0.4) is 0 Å². The molecular weight excluding hydrogens is 282 g/mol. The lowest BCUT2D eigenvalue weighted by molar-refractivity contribution is -0.914. The number of nitrogen functional groups attached to an aromatic ring is 1. The summed E-state index contributed by atoms with van der Waals surface area (Å²) in [6.45, 7) is 5.42. The second-order valence-corrected chi connectivity index (χ2v) is 6.00. The van der Waals surface area contributed by atoms with Crippen molar-refractivity contribution in [1.82, 2.24) is 0 Å². The van der Waals surface area contributed by atoms with Gasteiger partial charge < -0.3 is 15.5 Å². The number of piperazine rings is 1. The van der Waals surface area contributed by atoms with Crippen LogP contribution in [0.2, 0.25) is 5.02 Å². The van der Waals surface area contributed by atoms with Gasteiger partial charge in [0.15, 0.2) is 0 Å². The van der Waals surface area contributed by atoms with E-state index in [9.17, 15) is 0 Å². The molecule has 0 saturated carbocycles. The Labute approximate surface area is 130 Å². The maximum atomic E-state index is 6.25. The van der Waals surface area contributed by atoms with Gasteiger partial charge in [0.05, 0.1) is 26.2 Å². The Hall–Kier alpha value is -1.71. The van der Waals surface area contributed by atoms with Gasteiger partial charge in [0.25, 0.3) is 0 Å². The van der Waals surface area contributed by atoms with Gasteiger partial charge in [0, 0.05) is 22.0 Å². The lowest BCUT2D eigenvalue weighted by Crippen LogP contribution is -3.13. The first kappa shape index (κ1) is 14.2. The molecule has 0 radical (unpaired) electrons. The van der Waals surface area contributed by atoms with Gasteiger partial charge in [-0.1, -0.05) is 29.8 Å². The zero-order valence-corrected chi connectivity index (χ0v) is 12.8. The Morgan fingerprint density at radius 1 is 1.00 bits per heavy atom. The Morgan fingerprint density at radius 2 is 1.67 bits per heavy atom. The summed E-state index contributed by atoms with van der Waals surface area (Å²) in [5.41, 5.74) is 9.07. The summed E-state index contributed by atoms with van der Waals surface area (Å²) >= 11 is 6.25. The number of nitrogens with one attached hydrogen (secondary N) is 1. The van der Waals surface area contributed by atoms with Gasteiger partial charge in [-0.2, -0.15) is 0 Å². The largest absolute Gasteiger partial charge is 0.399 e. The Bertz CT molecular complexity index is 589. The van der Waals surface area contributed by atoms with Crippen molar-refractivity contribution >= 4 is 23.0 Å². The molecule has 0 amide bonds. The zero-order chi connectivity index (χ0) is 14.7. The second-order valence-electron chi connectivity index (χ2n) is 5.60. The number of quaternary nitrogens is 1. The molecule has 1 saturated heterocycles. The van der Waals surface area contributed by atoms with Gasteiger partial charge in [0.1, 0.15) is 6.54 Å². The Kier molecular flexibility index (Phi) is 4.32. The average molecular weight is 303 g/mol. The van der Waals surface area contributed by atoms with Crippen LogP contribution in [0.25, 0.3) is 0 Å². The van der Waals surface area contributed by atoms with Gasteiger partial charge in [0.2, 0.25) is 0 Å². The van der Waals surface area contributed by atoms with E-state index in [-0.39, 0.29) is 0 Å². The maximum Gasteiger partial charge on any atom is 0.104 e. The SMILES string of the molecule is Nc1ccc(N2CC[NH+](Cc3ccccc3Cl)CC2)cc1. The molecule has 1 heterocycles. The summed E-state index contributed by atoms with van der Waals surface area (Å²) in [6.07, 6.45) is 0. The van der Waals surface area contributed by atoms with Crippen molar-refractivity contribution in [2.75, 3.05) is 36.8 Å². The molecule has 3 nitrogen and oxygen atoms in total. The molecule has 3 N–H and O–H groups in total. The second kappa shape index (κ2) is 6.37. The number of anilines is 2. The van der Waals surface area contributed by atoms with E-state index in [0.29, 0.717) is 0 Å². The number of halogens is 1. The number of nitrogens with zero attached hydrogens (tertiary/aromatic N) is 1. The third-order valence-corrected chi connectivity index (χ3v) is 4.50. The molecule has 0 aliphatic carbocycles. The fraction of sp³-hybridized carbons (Fsp3) is 0.294. The van der Waals surface area contributed by atoms with Crippen LogP contribution in [0.15, 0.2) is 48.5 Å². The molecule has 0 spiro atoms. The highest BCUT2D eigenvalue weighted by Gasteiger charge is 2.20. The third kappa shape index (κ3) is 3.49. The molecule has 1 aliphatic heterocycles. The third-order valence-electron chi connectivity index (χ3n) is 4.13. The van der Waals surface area contributed by atoms with E-state index in [2.05, 4.69) is 29.2 Å². The van der Waals surface area contributed by atoms with Crippen molar-refractivity contribution in [3.8, 4) is 0 Å². The van der Waals surface area contributed by atoms with Crippen LogP contribution in [0.5, 0.6) is 0 Å². The molecule has 2 aromatic carbocycles. The van der Waals surface area contributed by atoms with Gasteiger partial charge in [-0.15, -0.1) is 0 Å². The molecule has 4 heteroatoms. The predicted molar refractivity (Wildman–Crippen MR) is 88.9 cm³/mol. The molecule has 0 aromatic heterocycles. The Morgan fingerprint density at radius 3 is 2.33 bits per heavy atom. The van der Waals surface area contributed by atoms with E-state index >= 15 is 0 Å². The van der Waals surface area contributed by atoms with E-state index in [1.54, 1.807) is 4.90 Å². The summed E-state index contributed by atoms with van der Waals surface area (Å²) in [4.78, 5) is 4.02. The van der Waals surface area contributed by atoms with Crippen LogP contribution in [0.1, 0.15) is 5.56 Å². The topological polar surface area (TPSA) is 33.7 Å². The van der Waals surface area contributed by atoms with E-state index in [4.69, 9.17) is 17.3 Å². The summed E-state index contributed by atoms with van der Waals surface area (Å²) in [6, 6.07) is 16.3. The fourth-order valence-corrected chi connectivity index (χ4v) is 3.06. The molecule has 21 heavy (non-hydrogen) atoms. The summed E-state index contributed by atoms with van der Waals surface area (Å²) in [7, 11) is 0. The summed E-state index contributed by atoms with van der Waals surface area (Å²) in [5, 5.41) is 0.881. The van der Waals surface area contributed by atoms with Crippen LogP contribution in [0.4, 0.5) is 11.4 Å². The van der Waals surface area contributed by atoms with E-state index in [0.717, 1.165) is 43.4 Å². The molecule has 110 valence electrons. The summed E-state index contributed by atoms with van der Waals surface area (Å²) < 4.78 is 0. The minimum Gasteiger partial charge on any atom is -0.399 e. The average Bonchev–Trinajstić information content (AvgIpc) is 2.51. The predicted octanol–water partition coefficient (Wildman–Crippen LogP) is 1.83. The monoisotopic (exact) mass is 302 g/mol. The molecule has 1 fully saturated rings. The highest BCUT2D eigenvalue weighted by Crippen LogP contribution is 2.16. The van der Waals surface area contributed by atoms with Crippen molar-refractivity contribution in [1.29, 1.82) is 0 Å². The van der Waals surface area contributed by atoms with Crippen molar-refractivity contribution in [3.63, 3.8) is 0 Å². The number of rotatable bonds is 3. The van der Waals surface area contributed by atoms with Crippen molar-refractivity contribution in [2.24, 2.45) is 0 Å². The van der Waals surface area contributed by atoms with E-state index in [1.165, 1.54) is 11.3 Å². The minimum atomic E-state index is 0.821. The van der Waals surface area contributed by atoms with Gasteiger partial charge in [-0.25, -0.2) is 0 Å². The van der Waals surface area contributed by atoms with Crippen LogP contribution in [-0.4, -0.2) is 26.2 Å². The molecule has 0 unspecified atom stereocenters. The van der Waals surface area contributed by atoms with Crippen LogP contribution < -0.4 is 15.5 Å². The molecule has 1 aliphatic rings. The van der Waals surface area contributed by atoms with E-state index in [1.807, 2.05) is 24.3 Å². The van der Waals surface area contributed by atoms with Crippen LogP contribution in [0, 0.1) is 0 Å². The lowest BCUT2D eigenvalue weighted by atomic mass is 10.2. The number of hydrogen-bond acceptors (Lipinski definition) is 2. The first-order chi connectivity index (χ1) is 10.2. The van der Waals surface area contributed by atoms with Gasteiger partial charge >= 0.3 is 0 Å². The standard InChI is InChI=1S/C17H20ClN3/c18-17-4-2-1-3-14(17)13-20-9-11-21(12-10-20)16-7-5-15(19)6-8-16/h1-8H,9-13,19H2/p+1. The number of benzene rings is 2. The molecular formula is C17H21ClN3+. The van der Waals surface area contributed by atoms with Crippen molar-refractivity contribution < 1.29 is 4.90 Å². The molecule has 0 bridgehead atoms. The van der Waals surface area contributed by atoms with Crippen LogP contribution >= 0.6 is 11.6 Å². The normalized spacial score (nSPS) is 16.1. The number of hydrogen-bond donors (Lipinski definition) is 2. The molecule has 2 aromatic rings. The fourth-order valence-electron chi connectivity index (χ4n) is 2.85. The van der Waals surface area contributed by atoms with Crippen molar-refractivity contribution in [3.05, 3.63) is 59.1 Å². The Balaban J connectivity index is 1.58. The first-order valence-electron chi connectivity index (χ1n) is 7.40. The zero-order valence-electron chi connectivity index (χ0n) is 12.1. The molecule has 0 atom stereocenters. The highest BCUT2D eigenvalue weighted by molar-refractivity contribution is 6.31. The first-order valence-corrected chi connectivity index (χ1v) is 7.77. The van der Waals surface area contributed by atoms with Crippen molar-refractivity contribution in [2.45, 2.75) is 6.54 Å². The maximum absolute atomic E-state index is 6.25. The van der Waals surface area contributed by atoms with Crippen LogP contribution in [-0.2, 0) is 6.54 Å². The smallest absolute Gasteiger partial charge is 0.104 e. The van der Waals surface area contributed by atoms with E-state index < -0.39 is 0 Å². The van der Waals surface area contributed by atoms with Gasteiger partial charge in [-0.3, -0.25) is 0 Å².